The minimum Gasteiger partial charge on any atom is -0.338 e. The van der Waals surface area contributed by atoms with E-state index in [1.165, 1.54) is 25.7 Å². The van der Waals surface area contributed by atoms with Gasteiger partial charge in [-0.3, -0.25) is 0 Å². The third-order valence-electron chi connectivity index (χ3n) is 3.33. The molecule has 1 aromatic rings. The Morgan fingerprint density at radius 3 is 2.87 bits per heavy atom. The first-order valence-corrected chi connectivity index (χ1v) is 5.79. The van der Waals surface area contributed by atoms with Crippen LogP contribution in [-0.4, -0.2) is 10.1 Å². The van der Waals surface area contributed by atoms with Gasteiger partial charge in [0.15, 0.2) is 5.82 Å². The molecule has 0 radical (unpaired) electrons. The molecule has 0 aromatic carbocycles. The highest BCUT2D eigenvalue weighted by Gasteiger charge is 2.28. The lowest BCUT2D eigenvalue weighted by Crippen LogP contribution is -2.05. The van der Waals surface area contributed by atoms with E-state index in [9.17, 15) is 0 Å². The Hall–Kier alpha value is -0.900. The third-order valence-corrected chi connectivity index (χ3v) is 3.33. The van der Waals surface area contributed by atoms with Gasteiger partial charge in [-0.15, -0.1) is 0 Å². The van der Waals surface area contributed by atoms with E-state index in [1.54, 1.807) is 0 Å². The maximum Gasteiger partial charge on any atom is 0.243 e. The molecule has 2 N–H and O–H groups in total. The second-order valence-corrected chi connectivity index (χ2v) is 4.56. The largest absolute Gasteiger partial charge is 0.338 e. The van der Waals surface area contributed by atoms with E-state index in [0.717, 1.165) is 11.7 Å². The summed E-state index contributed by atoms with van der Waals surface area (Å²) in [7, 11) is 0. The molecule has 84 valence electrons. The summed E-state index contributed by atoms with van der Waals surface area (Å²) >= 11 is 0. The van der Waals surface area contributed by atoms with Gasteiger partial charge in [0.05, 0.1) is 6.04 Å². The molecule has 1 saturated carbocycles. The van der Waals surface area contributed by atoms with Crippen molar-refractivity contribution in [2.75, 3.05) is 0 Å². The first kappa shape index (κ1) is 10.6. The summed E-state index contributed by atoms with van der Waals surface area (Å²) in [5.41, 5.74) is 5.68. The van der Waals surface area contributed by atoms with Gasteiger partial charge in [-0.25, -0.2) is 0 Å². The molecule has 15 heavy (non-hydrogen) atoms. The maximum absolute atomic E-state index is 5.68. The molecule has 4 heteroatoms. The summed E-state index contributed by atoms with van der Waals surface area (Å²) in [6, 6.07) is -0.158. The average Bonchev–Trinajstić information content (AvgIpc) is 2.86. The lowest BCUT2D eigenvalue weighted by Gasteiger charge is -2.04. The molecule has 1 aliphatic rings. The molecule has 1 aliphatic carbocycles. The smallest absolute Gasteiger partial charge is 0.243 e. The van der Waals surface area contributed by atoms with Gasteiger partial charge in [0.2, 0.25) is 5.89 Å². The van der Waals surface area contributed by atoms with Gasteiger partial charge in [0.25, 0.3) is 0 Å². The van der Waals surface area contributed by atoms with Crippen LogP contribution in [0.3, 0.4) is 0 Å². The maximum atomic E-state index is 5.68. The van der Waals surface area contributed by atoms with Gasteiger partial charge in [-0.1, -0.05) is 18.5 Å². The highest BCUT2D eigenvalue weighted by atomic mass is 16.5. The summed E-state index contributed by atoms with van der Waals surface area (Å²) in [6.45, 7) is 4.11. The Morgan fingerprint density at radius 1 is 1.53 bits per heavy atom. The van der Waals surface area contributed by atoms with Crippen molar-refractivity contribution in [3.05, 3.63) is 11.7 Å². The number of nitrogens with two attached hydrogens (primary N) is 1. The minimum atomic E-state index is -0.158. The molecule has 0 saturated heterocycles. The molecule has 0 spiro atoms. The Bertz CT molecular complexity index is 321. The van der Waals surface area contributed by atoms with Crippen molar-refractivity contribution in [3.63, 3.8) is 0 Å². The number of aromatic nitrogens is 2. The fourth-order valence-corrected chi connectivity index (χ4v) is 2.28. The zero-order valence-electron chi connectivity index (χ0n) is 9.44. The van der Waals surface area contributed by atoms with Crippen LogP contribution in [0, 0.1) is 5.92 Å². The Morgan fingerprint density at radius 2 is 2.33 bits per heavy atom. The third kappa shape index (κ3) is 2.20. The first-order chi connectivity index (χ1) is 7.20. The zero-order chi connectivity index (χ0) is 10.8. The summed E-state index contributed by atoms with van der Waals surface area (Å²) in [5.74, 6) is 2.75. The predicted molar refractivity (Wildman–Crippen MR) is 57.3 cm³/mol. The highest BCUT2D eigenvalue weighted by molar-refractivity contribution is 5.00. The molecule has 2 rings (SSSR count). The molecule has 4 nitrogen and oxygen atoms in total. The Labute approximate surface area is 90.2 Å². The zero-order valence-corrected chi connectivity index (χ0v) is 9.44. The summed E-state index contributed by atoms with van der Waals surface area (Å²) in [6.07, 6.45) is 4.95. The summed E-state index contributed by atoms with van der Waals surface area (Å²) < 4.78 is 5.12. The van der Waals surface area contributed by atoms with Gasteiger partial charge in [-0.2, -0.15) is 4.98 Å². The van der Waals surface area contributed by atoms with E-state index in [0.29, 0.717) is 11.8 Å². The van der Waals surface area contributed by atoms with Crippen LogP contribution in [-0.2, 0) is 0 Å². The number of hydrogen-bond acceptors (Lipinski definition) is 4. The molecule has 1 aromatic heterocycles. The monoisotopic (exact) mass is 209 g/mol. The molecule has 2 unspecified atom stereocenters. The fourth-order valence-electron chi connectivity index (χ4n) is 2.28. The first-order valence-electron chi connectivity index (χ1n) is 5.79. The van der Waals surface area contributed by atoms with Crippen LogP contribution in [0.5, 0.6) is 0 Å². The van der Waals surface area contributed by atoms with E-state index in [1.807, 2.05) is 6.92 Å². The molecule has 1 fully saturated rings. The van der Waals surface area contributed by atoms with Crippen LogP contribution in [0.1, 0.15) is 63.2 Å². The van der Waals surface area contributed by atoms with Gasteiger partial charge in [0.1, 0.15) is 0 Å². The standard InChI is InChI=1S/C11H19N3O/c1-3-8-4-5-9(6-8)10-13-11(7(2)12)15-14-10/h7-9H,3-6,12H2,1-2H3/t7-,8?,9?/m1/s1. The second kappa shape index (κ2) is 4.31. The molecular weight excluding hydrogens is 190 g/mol. The van der Waals surface area contributed by atoms with E-state index in [4.69, 9.17) is 10.3 Å². The molecule has 0 bridgehead atoms. The fraction of sp³-hybridized carbons (Fsp3) is 0.818. The van der Waals surface area contributed by atoms with Crippen molar-refractivity contribution in [2.24, 2.45) is 11.7 Å². The van der Waals surface area contributed by atoms with E-state index in [2.05, 4.69) is 17.1 Å². The number of hydrogen-bond donors (Lipinski definition) is 1. The highest BCUT2D eigenvalue weighted by Crippen LogP contribution is 2.38. The predicted octanol–water partition coefficient (Wildman–Crippen LogP) is 2.38. The average molecular weight is 209 g/mol. The minimum absolute atomic E-state index is 0.158. The Balaban J connectivity index is 2.04. The summed E-state index contributed by atoms with van der Waals surface area (Å²) in [4.78, 5) is 4.36. The van der Waals surface area contributed by atoms with Crippen LogP contribution in [0.4, 0.5) is 0 Å². The van der Waals surface area contributed by atoms with Gasteiger partial charge in [-0.05, 0) is 32.1 Å². The normalized spacial score (nSPS) is 28.2. The van der Waals surface area contributed by atoms with Gasteiger partial charge < -0.3 is 10.3 Å². The van der Waals surface area contributed by atoms with Gasteiger partial charge in [0, 0.05) is 5.92 Å². The molecule has 3 atom stereocenters. The van der Waals surface area contributed by atoms with E-state index in [-0.39, 0.29) is 6.04 Å². The summed E-state index contributed by atoms with van der Waals surface area (Å²) in [5, 5.41) is 4.02. The quantitative estimate of drug-likeness (QED) is 0.830. The Kier molecular flexibility index (Phi) is 3.05. The molecule has 0 aliphatic heterocycles. The van der Waals surface area contributed by atoms with Crippen LogP contribution in [0.25, 0.3) is 0 Å². The van der Waals surface area contributed by atoms with Crippen molar-refractivity contribution < 1.29 is 4.52 Å². The van der Waals surface area contributed by atoms with Crippen molar-refractivity contribution in [3.8, 4) is 0 Å². The molecule has 0 amide bonds. The van der Waals surface area contributed by atoms with Crippen LogP contribution >= 0.6 is 0 Å². The van der Waals surface area contributed by atoms with Crippen molar-refractivity contribution in [2.45, 2.75) is 51.5 Å². The van der Waals surface area contributed by atoms with Crippen LogP contribution in [0.2, 0.25) is 0 Å². The molecular formula is C11H19N3O. The lowest BCUT2D eigenvalue weighted by molar-refractivity contribution is 0.354. The van der Waals surface area contributed by atoms with Crippen LogP contribution in [0.15, 0.2) is 4.52 Å². The molecule has 1 heterocycles. The topological polar surface area (TPSA) is 64.9 Å². The van der Waals surface area contributed by atoms with E-state index >= 15 is 0 Å². The van der Waals surface area contributed by atoms with Crippen molar-refractivity contribution >= 4 is 0 Å². The van der Waals surface area contributed by atoms with Crippen molar-refractivity contribution in [1.82, 2.24) is 10.1 Å². The van der Waals surface area contributed by atoms with Crippen LogP contribution < -0.4 is 5.73 Å². The SMILES string of the molecule is CCC1CCC(c2noc([C@@H](C)N)n2)C1. The number of nitrogens with zero attached hydrogens (tertiary/aromatic N) is 2. The number of rotatable bonds is 3. The second-order valence-electron chi connectivity index (χ2n) is 4.56. The van der Waals surface area contributed by atoms with Crippen molar-refractivity contribution in [1.29, 1.82) is 0 Å². The van der Waals surface area contributed by atoms with Gasteiger partial charge >= 0.3 is 0 Å². The lowest BCUT2D eigenvalue weighted by atomic mass is 10.0. The van der Waals surface area contributed by atoms with E-state index < -0.39 is 0 Å².